The van der Waals surface area contributed by atoms with E-state index in [4.69, 9.17) is 5.11 Å². The van der Waals surface area contributed by atoms with Crippen LogP contribution in [0.3, 0.4) is 0 Å². The number of rotatable bonds is 7. The molecule has 3 N–H and O–H groups in total. The van der Waals surface area contributed by atoms with Gasteiger partial charge in [-0.3, -0.25) is 4.79 Å². The maximum atomic E-state index is 12.0. The number of aryl methyl sites for hydroxylation is 1. The van der Waals surface area contributed by atoms with Crippen molar-refractivity contribution in [2.24, 2.45) is 5.92 Å². The van der Waals surface area contributed by atoms with E-state index >= 15 is 0 Å². The third-order valence-electron chi connectivity index (χ3n) is 3.31. The molecule has 21 heavy (non-hydrogen) atoms. The van der Waals surface area contributed by atoms with Crippen LogP contribution in [0.2, 0.25) is 0 Å². The van der Waals surface area contributed by atoms with E-state index < -0.39 is 0 Å². The molecule has 2 aromatic rings. The Kier molecular flexibility index (Phi) is 5.52. The van der Waals surface area contributed by atoms with Crippen LogP contribution in [0.15, 0.2) is 17.6 Å². The summed E-state index contributed by atoms with van der Waals surface area (Å²) in [7, 11) is 0. The van der Waals surface area contributed by atoms with Crippen LogP contribution in [0.5, 0.6) is 0 Å². The Balaban J connectivity index is 1.85. The number of nitrogens with one attached hydrogen (secondary N) is 2. The predicted octanol–water partition coefficient (Wildman–Crippen LogP) is 2.59. The molecule has 1 unspecified atom stereocenters. The summed E-state index contributed by atoms with van der Waals surface area (Å²) in [6.45, 7) is 4.77. The summed E-state index contributed by atoms with van der Waals surface area (Å²) in [4.78, 5) is 19.4. The first-order chi connectivity index (χ1) is 10.1. The van der Waals surface area contributed by atoms with Gasteiger partial charge in [0.25, 0.3) is 5.91 Å². The number of aromatic amines is 1. The second kappa shape index (κ2) is 7.38. The van der Waals surface area contributed by atoms with E-state index in [-0.39, 0.29) is 18.4 Å². The van der Waals surface area contributed by atoms with Crippen molar-refractivity contribution in [3.8, 4) is 11.3 Å². The molecule has 0 aliphatic rings. The number of hydrogen-bond acceptors (Lipinski definition) is 4. The van der Waals surface area contributed by atoms with Gasteiger partial charge in [0.1, 0.15) is 5.69 Å². The molecule has 6 heteroatoms. The molecule has 114 valence electrons. The lowest BCUT2D eigenvalue weighted by molar-refractivity contribution is 0.0947. The average molecular weight is 307 g/mol. The predicted molar refractivity (Wildman–Crippen MR) is 84.5 cm³/mol. The Labute approximate surface area is 128 Å². The number of aromatic nitrogens is 2. The van der Waals surface area contributed by atoms with E-state index in [0.717, 1.165) is 29.1 Å². The van der Waals surface area contributed by atoms with Crippen LogP contribution in [0.4, 0.5) is 0 Å². The number of carbonyl (C=O) groups excluding carboxylic acids is 1. The van der Waals surface area contributed by atoms with Crippen molar-refractivity contribution in [2.45, 2.75) is 26.7 Å². The lowest BCUT2D eigenvalue weighted by atomic mass is 10.1. The number of nitrogens with zero attached hydrogens (tertiary/aromatic N) is 1. The summed E-state index contributed by atoms with van der Waals surface area (Å²) in [6, 6.07) is 1.82. The Bertz CT molecular complexity index is 591. The topological polar surface area (TPSA) is 78.0 Å². The van der Waals surface area contributed by atoms with Crippen LogP contribution >= 0.6 is 11.3 Å². The Hall–Kier alpha value is -1.66. The Morgan fingerprint density at radius 1 is 1.57 bits per heavy atom. The highest BCUT2D eigenvalue weighted by Gasteiger charge is 2.10. The smallest absolute Gasteiger partial charge is 0.267 e. The van der Waals surface area contributed by atoms with E-state index in [2.05, 4.69) is 15.3 Å². The molecule has 0 bridgehead atoms. The quantitative estimate of drug-likeness (QED) is 0.688. The van der Waals surface area contributed by atoms with Gasteiger partial charge in [-0.1, -0.05) is 6.92 Å². The summed E-state index contributed by atoms with van der Waals surface area (Å²) in [5.74, 6) is 0.178. The largest absolute Gasteiger partial charge is 0.396 e. The van der Waals surface area contributed by atoms with Crippen molar-refractivity contribution in [1.82, 2.24) is 15.3 Å². The second-order valence-corrected chi connectivity index (χ2v) is 6.30. The summed E-state index contributed by atoms with van der Waals surface area (Å²) in [5.41, 5.74) is 2.37. The van der Waals surface area contributed by atoms with E-state index in [9.17, 15) is 4.79 Å². The van der Waals surface area contributed by atoms with E-state index in [1.165, 1.54) is 0 Å². The molecule has 1 atom stereocenters. The highest BCUT2D eigenvalue weighted by Crippen LogP contribution is 2.22. The molecule has 2 rings (SSSR count). The van der Waals surface area contributed by atoms with Gasteiger partial charge in [0.2, 0.25) is 0 Å². The van der Waals surface area contributed by atoms with Gasteiger partial charge in [-0.2, -0.15) is 0 Å². The number of hydrogen-bond donors (Lipinski definition) is 3. The molecule has 1 amide bonds. The molecule has 0 spiro atoms. The molecule has 2 aromatic heterocycles. The summed E-state index contributed by atoms with van der Waals surface area (Å²) < 4.78 is 0. The lowest BCUT2D eigenvalue weighted by Crippen LogP contribution is -2.25. The van der Waals surface area contributed by atoms with Gasteiger partial charge in [-0.15, -0.1) is 11.3 Å². The van der Waals surface area contributed by atoms with Gasteiger partial charge in [-0.25, -0.2) is 4.98 Å². The van der Waals surface area contributed by atoms with Crippen molar-refractivity contribution < 1.29 is 9.90 Å². The number of thiazole rings is 1. The SMILES string of the molecule is Cc1nc(-c2c[nH]c(C(=O)NCCCC(C)CO)c2)cs1. The third kappa shape index (κ3) is 4.41. The van der Waals surface area contributed by atoms with Gasteiger partial charge in [0.05, 0.1) is 10.7 Å². The molecular weight excluding hydrogens is 286 g/mol. The van der Waals surface area contributed by atoms with Crippen molar-refractivity contribution in [3.63, 3.8) is 0 Å². The first-order valence-corrected chi connectivity index (χ1v) is 7.98. The van der Waals surface area contributed by atoms with Crippen LogP contribution in [0.1, 0.15) is 35.3 Å². The van der Waals surface area contributed by atoms with Gasteiger partial charge in [0.15, 0.2) is 0 Å². The highest BCUT2D eigenvalue weighted by molar-refractivity contribution is 7.09. The molecule has 0 aliphatic carbocycles. The van der Waals surface area contributed by atoms with Crippen molar-refractivity contribution >= 4 is 17.2 Å². The third-order valence-corrected chi connectivity index (χ3v) is 4.09. The van der Waals surface area contributed by atoms with E-state index in [0.29, 0.717) is 12.2 Å². The minimum atomic E-state index is -0.107. The molecule has 0 radical (unpaired) electrons. The number of aliphatic hydroxyl groups is 1. The van der Waals surface area contributed by atoms with Crippen LogP contribution in [-0.4, -0.2) is 34.1 Å². The molecule has 5 nitrogen and oxygen atoms in total. The molecule has 0 aromatic carbocycles. The zero-order chi connectivity index (χ0) is 15.2. The zero-order valence-electron chi connectivity index (χ0n) is 12.3. The van der Waals surface area contributed by atoms with Crippen molar-refractivity contribution in [2.75, 3.05) is 13.2 Å². The minimum Gasteiger partial charge on any atom is -0.396 e. The fourth-order valence-corrected chi connectivity index (χ4v) is 2.63. The van der Waals surface area contributed by atoms with E-state index in [1.54, 1.807) is 17.5 Å². The monoisotopic (exact) mass is 307 g/mol. The second-order valence-electron chi connectivity index (χ2n) is 5.24. The lowest BCUT2D eigenvalue weighted by Gasteiger charge is -2.07. The summed E-state index contributed by atoms with van der Waals surface area (Å²) >= 11 is 1.59. The average Bonchev–Trinajstić information content (AvgIpc) is 3.11. The maximum Gasteiger partial charge on any atom is 0.267 e. The van der Waals surface area contributed by atoms with Crippen molar-refractivity contribution in [3.05, 3.63) is 28.3 Å². The molecular formula is C15H21N3O2S. The molecule has 0 saturated heterocycles. The van der Waals surface area contributed by atoms with Gasteiger partial charge >= 0.3 is 0 Å². The Morgan fingerprint density at radius 3 is 3.05 bits per heavy atom. The number of aliphatic hydroxyl groups excluding tert-OH is 1. The maximum absolute atomic E-state index is 12.0. The number of amides is 1. The van der Waals surface area contributed by atoms with Crippen LogP contribution in [-0.2, 0) is 0 Å². The van der Waals surface area contributed by atoms with Crippen LogP contribution < -0.4 is 5.32 Å². The van der Waals surface area contributed by atoms with Gasteiger partial charge in [-0.05, 0) is 31.7 Å². The van der Waals surface area contributed by atoms with E-state index in [1.807, 2.05) is 25.3 Å². The van der Waals surface area contributed by atoms with Crippen molar-refractivity contribution in [1.29, 1.82) is 0 Å². The Morgan fingerprint density at radius 2 is 2.38 bits per heavy atom. The normalized spacial score (nSPS) is 12.3. The van der Waals surface area contributed by atoms with Gasteiger partial charge in [0, 0.05) is 30.3 Å². The molecule has 0 aliphatic heterocycles. The van der Waals surface area contributed by atoms with Crippen LogP contribution in [0, 0.1) is 12.8 Å². The zero-order valence-corrected chi connectivity index (χ0v) is 13.2. The first kappa shape index (κ1) is 15.7. The first-order valence-electron chi connectivity index (χ1n) is 7.10. The standard InChI is InChI=1S/C15H21N3O2S/c1-10(8-19)4-3-5-16-15(20)13-6-12(7-17-13)14-9-21-11(2)18-14/h6-7,9-10,17,19H,3-5,8H2,1-2H3,(H,16,20). The fraction of sp³-hybridized carbons (Fsp3) is 0.467. The van der Waals surface area contributed by atoms with Crippen LogP contribution in [0.25, 0.3) is 11.3 Å². The summed E-state index contributed by atoms with van der Waals surface area (Å²) in [6.07, 6.45) is 3.58. The van der Waals surface area contributed by atoms with Gasteiger partial charge < -0.3 is 15.4 Å². The molecule has 0 fully saturated rings. The highest BCUT2D eigenvalue weighted by atomic mass is 32.1. The number of H-pyrrole nitrogens is 1. The molecule has 0 saturated carbocycles. The fourth-order valence-electron chi connectivity index (χ4n) is 2.01. The minimum absolute atomic E-state index is 0.107. The number of carbonyl (C=O) groups is 1. The molecule has 2 heterocycles. The summed E-state index contributed by atoms with van der Waals surface area (Å²) in [5, 5.41) is 14.8.